The van der Waals surface area contributed by atoms with Gasteiger partial charge in [0.05, 0.1) is 11.4 Å². The Hall–Kier alpha value is -6.94. The predicted molar refractivity (Wildman–Crippen MR) is 235 cm³/mol. The lowest BCUT2D eigenvalue weighted by Gasteiger charge is -2.29. The summed E-state index contributed by atoms with van der Waals surface area (Å²) in [6, 6.07) is 72.3. The van der Waals surface area contributed by atoms with Crippen molar-refractivity contribution in [1.29, 1.82) is 0 Å². The van der Waals surface area contributed by atoms with Crippen LogP contribution in [0.1, 0.15) is 0 Å². The molecule has 0 saturated heterocycles. The molecule has 3 heteroatoms. The van der Waals surface area contributed by atoms with E-state index in [0.717, 1.165) is 50.1 Å². The van der Waals surface area contributed by atoms with E-state index in [9.17, 15) is 0 Å². The molecule has 2 heterocycles. The minimum Gasteiger partial charge on any atom is -0.456 e. The SMILES string of the molecule is c1cc(-c2ccccc2N(c2ccc(-c3cccc4oc5ccccc5c34)cc2)c2cccc3sc4ccccc4c23)cc(-c2cccc3ccccc23)c1. The molecular weight excluding hydrogens is 687 g/mol. The van der Waals surface area contributed by atoms with Crippen LogP contribution in [0.3, 0.4) is 0 Å². The molecule has 0 spiro atoms. The molecule has 0 aliphatic rings. The summed E-state index contributed by atoms with van der Waals surface area (Å²) < 4.78 is 8.83. The number of thiophene rings is 1. The average molecular weight is 720 g/mol. The van der Waals surface area contributed by atoms with E-state index < -0.39 is 0 Å². The Bertz CT molecular complexity index is 3220. The van der Waals surface area contributed by atoms with Crippen molar-refractivity contribution in [3.05, 3.63) is 200 Å². The Morgan fingerprint density at radius 3 is 1.87 bits per heavy atom. The number of hydrogen-bond donors (Lipinski definition) is 0. The van der Waals surface area contributed by atoms with Crippen LogP contribution in [0.2, 0.25) is 0 Å². The van der Waals surface area contributed by atoms with Gasteiger partial charge in [0.1, 0.15) is 11.2 Å². The second-order valence-electron chi connectivity index (χ2n) is 14.0. The largest absolute Gasteiger partial charge is 0.456 e. The highest BCUT2D eigenvalue weighted by Gasteiger charge is 2.22. The molecule has 9 aromatic carbocycles. The molecule has 2 nitrogen and oxygen atoms in total. The van der Waals surface area contributed by atoms with Crippen LogP contribution in [-0.2, 0) is 0 Å². The summed E-state index contributed by atoms with van der Waals surface area (Å²) >= 11 is 1.85. The van der Waals surface area contributed by atoms with E-state index in [0.29, 0.717) is 0 Å². The lowest BCUT2D eigenvalue weighted by molar-refractivity contribution is 0.669. The third-order valence-corrected chi connectivity index (χ3v) is 12.0. The van der Waals surface area contributed by atoms with E-state index in [1.54, 1.807) is 0 Å². The summed E-state index contributed by atoms with van der Waals surface area (Å²) in [7, 11) is 0. The van der Waals surface area contributed by atoms with Crippen molar-refractivity contribution in [3.8, 4) is 33.4 Å². The second-order valence-corrected chi connectivity index (χ2v) is 15.1. The lowest BCUT2D eigenvalue weighted by Crippen LogP contribution is -2.11. The third kappa shape index (κ3) is 5.24. The normalized spacial score (nSPS) is 11.6. The monoisotopic (exact) mass is 719 g/mol. The highest BCUT2D eigenvalue weighted by molar-refractivity contribution is 7.26. The number of benzene rings is 9. The fourth-order valence-corrected chi connectivity index (χ4v) is 9.53. The molecule has 0 amide bonds. The number of hydrogen-bond acceptors (Lipinski definition) is 3. The van der Waals surface area contributed by atoms with Gasteiger partial charge in [-0.05, 0) is 93.2 Å². The van der Waals surface area contributed by atoms with Crippen LogP contribution >= 0.6 is 11.3 Å². The number of para-hydroxylation sites is 2. The third-order valence-electron chi connectivity index (χ3n) is 10.9. The first-order chi connectivity index (χ1) is 27.3. The number of furan rings is 1. The maximum absolute atomic E-state index is 6.27. The summed E-state index contributed by atoms with van der Waals surface area (Å²) in [6.45, 7) is 0. The first-order valence-corrected chi connectivity index (χ1v) is 19.5. The Kier molecular flexibility index (Phi) is 7.39. The van der Waals surface area contributed by atoms with E-state index in [4.69, 9.17) is 4.42 Å². The van der Waals surface area contributed by atoms with Gasteiger partial charge in [-0.3, -0.25) is 0 Å². The van der Waals surface area contributed by atoms with Gasteiger partial charge in [-0.25, -0.2) is 0 Å². The molecule has 0 radical (unpaired) electrons. The molecule has 11 aromatic rings. The van der Waals surface area contributed by atoms with Crippen LogP contribution in [-0.4, -0.2) is 0 Å². The van der Waals surface area contributed by atoms with E-state index in [-0.39, 0.29) is 0 Å². The van der Waals surface area contributed by atoms with E-state index in [2.05, 4.69) is 193 Å². The first kappa shape index (κ1) is 31.6. The minimum absolute atomic E-state index is 0.903. The molecule has 0 aliphatic carbocycles. The van der Waals surface area contributed by atoms with E-state index in [1.165, 1.54) is 53.2 Å². The predicted octanol–water partition coefficient (Wildman–Crippen LogP) is 15.6. The Morgan fingerprint density at radius 2 is 0.964 bits per heavy atom. The number of fused-ring (bicyclic) bond motifs is 7. The fraction of sp³-hybridized carbons (Fsp3) is 0. The van der Waals surface area contributed by atoms with Gasteiger partial charge >= 0.3 is 0 Å². The van der Waals surface area contributed by atoms with Gasteiger partial charge in [-0.15, -0.1) is 11.3 Å². The molecule has 0 saturated carbocycles. The topological polar surface area (TPSA) is 16.4 Å². The minimum atomic E-state index is 0.903. The zero-order valence-corrected chi connectivity index (χ0v) is 30.6. The molecular formula is C52H33NOS. The van der Waals surface area contributed by atoms with Crippen molar-refractivity contribution >= 4 is 81.3 Å². The number of rotatable bonds is 6. The van der Waals surface area contributed by atoms with E-state index in [1.807, 2.05) is 23.5 Å². The molecule has 0 fully saturated rings. The molecule has 0 atom stereocenters. The molecule has 55 heavy (non-hydrogen) atoms. The van der Waals surface area contributed by atoms with Crippen molar-refractivity contribution in [1.82, 2.24) is 0 Å². The summed E-state index contributed by atoms with van der Waals surface area (Å²) in [6.07, 6.45) is 0. The van der Waals surface area contributed by atoms with Gasteiger partial charge in [0.2, 0.25) is 0 Å². The molecule has 0 aliphatic heterocycles. The van der Waals surface area contributed by atoms with Crippen LogP contribution in [0.4, 0.5) is 17.1 Å². The molecule has 0 unspecified atom stereocenters. The van der Waals surface area contributed by atoms with Crippen molar-refractivity contribution in [2.75, 3.05) is 4.90 Å². The van der Waals surface area contributed by atoms with Crippen LogP contribution < -0.4 is 4.90 Å². The zero-order valence-electron chi connectivity index (χ0n) is 29.8. The maximum Gasteiger partial charge on any atom is 0.136 e. The van der Waals surface area contributed by atoms with Gasteiger partial charge in [0.25, 0.3) is 0 Å². The van der Waals surface area contributed by atoms with Gasteiger partial charge in [-0.1, -0.05) is 146 Å². The Balaban J connectivity index is 1.11. The van der Waals surface area contributed by atoms with Crippen LogP contribution in [0.25, 0.3) is 86.3 Å². The zero-order chi connectivity index (χ0) is 36.3. The quantitative estimate of drug-likeness (QED) is 0.170. The molecule has 2 aromatic heterocycles. The Morgan fingerprint density at radius 1 is 0.364 bits per heavy atom. The molecule has 258 valence electrons. The van der Waals surface area contributed by atoms with E-state index >= 15 is 0 Å². The summed E-state index contributed by atoms with van der Waals surface area (Å²) in [4.78, 5) is 2.46. The average Bonchev–Trinajstić information content (AvgIpc) is 3.83. The van der Waals surface area contributed by atoms with Crippen LogP contribution in [0.15, 0.2) is 205 Å². The van der Waals surface area contributed by atoms with Crippen molar-refractivity contribution in [2.24, 2.45) is 0 Å². The second kappa shape index (κ2) is 12.9. The summed E-state index contributed by atoms with van der Waals surface area (Å²) in [5, 5.41) is 7.32. The highest BCUT2D eigenvalue weighted by atomic mass is 32.1. The van der Waals surface area contributed by atoms with Crippen LogP contribution in [0.5, 0.6) is 0 Å². The van der Waals surface area contributed by atoms with Gasteiger partial charge in [-0.2, -0.15) is 0 Å². The number of anilines is 3. The maximum atomic E-state index is 6.27. The summed E-state index contributed by atoms with van der Waals surface area (Å²) in [5.74, 6) is 0. The first-order valence-electron chi connectivity index (χ1n) is 18.7. The summed E-state index contributed by atoms with van der Waals surface area (Å²) in [5.41, 5.74) is 12.3. The fourth-order valence-electron chi connectivity index (χ4n) is 8.40. The van der Waals surface area contributed by atoms with Crippen LogP contribution in [0, 0.1) is 0 Å². The van der Waals surface area contributed by atoms with Crippen molar-refractivity contribution < 1.29 is 4.42 Å². The molecule has 0 bridgehead atoms. The van der Waals surface area contributed by atoms with Crippen molar-refractivity contribution in [3.63, 3.8) is 0 Å². The van der Waals surface area contributed by atoms with Crippen molar-refractivity contribution in [2.45, 2.75) is 0 Å². The standard InChI is InChI=1S/C52H33NOS/c1-2-17-39-34(13-1)14-10-21-40(39)36-15-9-16-37(33-36)41-18-3-6-23-45(41)53(46-24-12-28-50-52(46)44-20-5-8-27-49(44)55-50)38-31-29-35(30-32-38)42-22-11-26-48-51(42)43-19-4-7-25-47(43)54-48/h1-33H. The van der Waals surface area contributed by atoms with Gasteiger partial charge in [0, 0.05) is 42.2 Å². The van der Waals surface area contributed by atoms with Gasteiger partial charge in [0.15, 0.2) is 0 Å². The lowest BCUT2D eigenvalue weighted by atomic mass is 9.94. The molecule has 0 N–H and O–H groups in total. The molecule has 11 rings (SSSR count). The smallest absolute Gasteiger partial charge is 0.136 e. The van der Waals surface area contributed by atoms with Gasteiger partial charge < -0.3 is 9.32 Å². The Labute approximate surface area is 322 Å². The number of nitrogens with zero attached hydrogens (tertiary/aromatic N) is 1. The highest BCUT2D eigenvalue weighted by Crippen LogP contribution is 2.48.